The van der Waals surface area contributed by atoms with Gasteiger partial charge < -0.3 is 9.15 Å². The van der Waals surface area contributed by atoms with E-state index in [2.05, 4.69) is 24.1 Å². The summed E-state index contributed by atoms with van der Waals surface area (Å²) in [5.41, 5.74) is 3.21. The molecule has 2 aromatic carbocycles. The zero-order valence-electron chi connectivity index (χ0n) is 16.8. The molecule has 8 heteroatoms. The summed E-state index contributed by atoms with van der Waals surface area (Å²) in [5.74, 6) is 0.846. The van der Waals surface area contributed by atoms with E-state index in [-0.39, 0.29) is 17.3 Å². The molecule has 0 unspecified atom stereocenters. The number of carbonyl (C=O) groups excluding carboxylic acids is 1. The van der Waals surface area contributed by atoms with Gasteiger partial charge in [0.05, 0.1) is 4.90 Å². The topological polar surface area (TPSA) is 97.6 Å². The lowest BCUT2D eigenvalue weighted by molar-refractivity contribution is 0.0913. The number of para-hydroxylation sites is 1. The lowest BCUT2D eigenvalue weighted by Crippen LogP contribution is -2.41. The smallest absolute Gasteiger partial charge is 0.301 e. The first-order chi connectivity index (χ1) is 14.3. The Morgan fingerprint density at radius 3 is 2.37 bits per heavy atom. The molecule has 1 aromatic heterocycles. The molecule has 158 valence electrons. The van der Waals surface area contributed by atoms with E-state index in [9.17, 15) is 13.2 Å². The van der Waals surface area contributed by atoms with Crippen LogP contribution < -0.4 is 15.0 Å². The predicted octanol–water partition coefficient (Wildman–Crippen LogP) is 3.68. The van der Waals surface area contributed by atoms with E-state index in [4.69, 9.17) is 9.15 Å². The van der Waals surface area contributed by atoms with Crippen molar-refractivity contribution in [2.45, 2.75) is 31.8 Å². The average Bonchev–Trinajstić information content (AvgIpc) is 3.20. The van der Waals surface area contributed by atoms with Crippen LogP contribution in [0.5, 0.6) is 5.75 Å². The van der Waals surface area contributed by atoms with Crippen molar-refractivity contribution in [3.63, 3.8) is 0 Å². The number of rotatable bonds is 9. The highest BCUT2D eigenvalue weighted by Crippen LogP contribution is 2.15. The maximum Gasteiger partial charge on any atom is 0.301 e. The lowest BCUT2D eigenvalue weighted by Gasteiger charge is -2.09. The molecule has 0 aliphatic carbocycles. The Hall–Kier alpha value is -3.10. The van der Waals surface area contributed by atoms with Crippen LogP contribution in [0.15, 0.2) is 76.0 Å². The Morgan fingerprint density at radius 1 is 1.00 bits per heavy atom. The fourth-order valence-electron chi connectivity index (χ4n) is 2.76. The average molecular weight is 429 g/mol. The Bertz CT molecular complexity index is 1070. The summed E-state index contributed by atoms with van der Waals surface area (Å²) in [7, 11) is -3.90. The SMILES string of the molecule is CC(C)Cc1ccc(S(=O)(=O)NNC(=O)c2ccc(COc3ccccc3)o2)cc1. The predicted molar refractivity (Wildman–Crippen MR) is 112 cm³/mol. The van der Waals surface area contributed by atoms with Crippen LogP contribution in [0.2, 0.25) is 0 Å². The molecule has 1 amide bonds. The molecule has 3 rings (SSSR count). The molecule has 0 saturated carbocycles. The third-order valence-electron chi connectivity index (χ3n) is 4.19. The summed E-state index contributed by atoms with van der Waals surface area (Å²) < 4.78 is 35.8. The minimum Gasteiger partial charge on any atom is -0.486 e. The van der Waals surface area contributed by atoms with Gasteiger partial charge in [0.1, 0.15) is 18.1 Å². The van der Waals surface area contributed by atoms with Crippen LogP contribution in [0.25, 0.3) is 0 Å². The number of sulfonamides is 1. The highest BCUT2D eigenvalue weighted by atomic mass is 32.2. The number of furan rings is 1. The van der Waals surface area contributed by atoms with E-state index in [0.717, 1.165) is 12.0 Å². The molecule has 0 aliphatic rings. The molecule has 30 heavy (non-hydrogen) atoms. The van der Waals surface area contributed by atoms with E-state index in [1.165, 1.54) is 18.2 Å². The standard InChI is InChI=1S/C22H24N2O5S/c1-16(2)14-17-8-11-20(12-9-17)30(26,27)24-23-22(25)21-13-10-19(29-21)15-28-18-6-4-3-5-7-18/h3-13,16,24H,14-15H2,1-2H3,(H,23,25). The van der Waals surface area contributed by atoms with Gasteiger partial charge in [0.2, 0.25) is 0 Å². The number of carbonyl (C=O) groups is 1. The summed E-state index contributed by atoms with van der Waals surface area (Å²) in [4.78, 5) is 14.4. The first-order valence-electron chi connectivity index (χ1n) is 9.51. The maximum atomic E-state index is 12.4. The monoisotopic (exact) mass is 428 g/mol. The zero-order valence-corrected chi connectivity index (χ0v) is 17.6. The Kier molecular flexibility index (Phi) is 6.91. The van der Waals surface area contributed by atoms with Crippen molar-refractivity contribution in [3.8, 4) is 5.75 Å². The van der Waals surface area contributed by atoms with Crippen molar-refractivity contribution in [1.29, 1.82) is 0 Å². The van der Waals surface area contributed by atoms with Crippen LogP contribution in [-0.4, -0.2) is 14.3 Å². The Balaban J connectivity index is 1.55. The number of nitrogens with one attached hydrogen (secondary N) is 2. The number of ether oxygens (including phenoxy) is 1. The highest BCUT2D eigenvalue weighted by Gasteiger charge is 2.18. The summed E-state index contributed by atoms with van der Waals surface area (Å²) >= 11 is 0. The van der Waals surface area contributed by atoms with Crippen LogP contribution in [0.1, 0.15) is 35.7 Å². The second-order valence-electron chi connectivity index (χ2n) is 7.17. The normalized spacial score (nSPS) is 11.4. The second kappa shape index (κ2) is 9.60. The number of hydrogen-bond donors (Lipinski definition) is 2. The molecular weight excluding hydrogens is 404 g/mol. The van der Waals surface area contributed by atoms with Crippen LogP contribution >= 0.6 is 0 Å². The minimum absolute atomic E-state index is 0.0309. The molecule has 0 radical (unpaired) electrons. The van der Waals surface area contributed by atoms with E-state index in [1.807, 2.05) is 18.2 Å². The quantitative estimate of drug-likeness (QED) is 0.507. The van der Waals surface area contributed by atoms with Crippen molar-refractivity contribution in [2.75, 3.05) is 0 Å². The van der Waals surface area contributed by atoms with E-state index in [0.29, 0.717) is 17.4 Å². The molecule has 0 saturated heterocycles. The highest BCUT2D eigenvalue weighted by molar-refractivity contribution is 7.89. The fourth-order valence-corrected chi connectivity index (χ4v) is 3.60. The second-order valence-corrected chi connectivity index (χ2v) is 8.85. The van der Waals surface area contributed by atoms with Gasteiger partial charge in [-0.25, -0.2) is 8.42 Å². The molecule has 3 aromatic rings. The molecule has 7 nitrogen and oxygen atoms in total. The number of amides is 1. The van der Waals surface area contributed by atoms with Crippen LogP contribution in [0.4, 0.5) is 0 Å². The first-order valence-corrected chi connectivity index (χ1v) is 11.0. The fraction of sp³-hybridized carbons (Fsp3) is 0.227. The van der Waals surface area contributed by atoms with Crippen LogP contribution in [-0.2, 0) is 23.1 Å². The molecular formula is C22H24N2O5S. The van der Waals surface area contributed by atoms with Crippen molar-refractivity contribution < 1.29 is 22.4 Å². The van der Waals surface area contributed by atoms with Crippen molar-refractivity contribution in [1.82, 2.24) is 10.3 Å². The third kappa shape index (κ3) is 5.95. The van der Waals surface area contributed by atoms with Gasteiger partial charge in [-0.05, 0) is 54.3 Å². The zero-order chi connectivity index (χ0) is 21.6. The minimum atomic E-state index is -3.90. The largest absolute Gasteiger partial charge is 0.486 e. The molecule has 2 N–H and O–H groups in total. The number of hydrazine groups is 1. The molecule has 0 atom stereocenters. The van der Waals surface area contributed by atoms with Gasteiger partial charge >= 0.3 is 5.91 Å². The van der Waals surface area contributed by atoms with Gasteiger partial charge in [-0.2, -0.15) is 0 Å². The summed E-state index contributed by atoms with van der Waals surface area (Å²) in [6.07, 6.45) is 0.860. The van der Waals surface area contributed by atoms with Crippen molar-refractivity contribution in [3.05, 3.63) is 83.8 Å². The third-order valence-corrected chi connectivity index (χ3v) is 5.45. The summed E-state index contributed by atoms with van der Waals surface area (Å²) in [5, 5.41) is 0. The van der Waals surface area contributed by atoms with Gasteiger partial charge in [0, 0.05) is 0 Å². The number of hydrogen-bond acceptors (Lipinski definition) is 5. The van der Waals surface area contributed by atoms with Crippen LogP contribution in [0.3, 0.4) is 0 Å². The molecule has 1 heterocycles. The van der Waals surface area contributed by atoms with Gasteiger partial charge in [-0.15, -0.1) is 4.83 Å². The van der Waals surface area contributed by atoms with E-state index >= 15 is 0 Å². The molecule has 0 bridgehead atoms. The maximum absolute atomic E-state index is 12.4. The number of benzene rings is 2. The van der Waals surface area contributed by atoms with E-state index in [1.54, 1.807) is 30.3 Å². The lowest BCUT2D eigenvalue weighted by atomic mass is 10.0. The van der Waals surface area contributed by atoms with Gasteiger partial charge in [-0.1, -0.05) is 44.2 Å². The van der Waals surface area contributed by atoms with Crippen molar-refractivity contribution >= 4 is 15.9 Å². The van der Waals surface area contributed by atoms with Gasteiger partial charge in [0.15, 0.2) is 5.76 Å². The first kappa shape index (κ1) is 21.6. The molecule has 0 aliphatic heterocycles. The molecule has 0 fully saturated rings. The van der Waals surface area contributed by atoms with Gasteiger partial charge in [-0.3, -0.25) is 10.2 Å². The molecule has 0 spiro atoms. The summed E-state index contributed by atoms with van der Waals surface area (Å²) in [6.45, 7) is 4.33. The Morgan fingerprint density at radius 2 is 1.70 bits per heavy atom. The van der Waals surface area contributed by atoms with Gasteiger partial charge in [0.25, 0.3) is 10.0 Å². The van der Waals surface area contributed by atoms with Crippen LogP contribution in [0, 0.1) is 5.92 Å². The Labute approximate surface area is 176 Å². The van der Waals surface area contributed by atoms with E-state index < -0.39 is 15.9 Å². The summed E-state index contributed by atoms with van der Waals surface area (Å²) in [6, 6.07) is 18.8. The van der Waals surface area contributed by atoms with Crippen molar-refractivity contribution in [2.24, 2.45) is 5.92 Å².